The number of phenols is 1. The number of aromatic hydroxyl groups is 1. The third-order valence-corrected chi connectivity index (χ3v) is 5.49. The van der Waals surface area contributed by atoms with Gasteiger partial charge >= 0.3 is 0 Å². The van der Waals surface area contributed by atoms with Crippen LogP contribution in [-0.2, 0) is 20.2 Å². The largest absolute Gasteiger partial charge is 0.507 e. The zero-order valence-corrected chi connectivity index (χ0v) is 16.5. The van der Waals surface area contributed by atoms with Gasteiger partial charge in [-0.3, -0.25) is 20.0 Å². The maximum absolute atomic E-state index is 11.6. The summed E-state index contributed by atoms with van der Waals surface area (Å²) in [6.07, 6.45) is 1.28. The van der Waals surface area contributed by atoms with Gasteiger partial charge < -0.3 is 5.11 Å². The lowest BCUT2D eigenvalue weighted by Crippen LogP contribution is -2.39. The average Bonchev–Trinajstić information content (AvgIpc) is 2.51. The molecule has 0 saturated carbocycles. The highest BCUT2D eigenvalue weighted by atomic mass is 35.5. The molecule has 1 aliphatic heterocycles. The van der Waals surface area contributed by atoms with E-state index in [2.05, 4.69) is 16.0 Å². The molecule has 0 aliphatic carbocycles. The fourth-order valence-corrected chi connectivity index (χ4v) is 3.88. The van der Waals surface area contributed by atoms with Crippen LogP contribution in [0.3, 0.4) is 0 Å². The summed E-state index contributed by atoms with van der Waals surface area (Å²) >= 11 is 11.6. The predicted octanol–water partition coefficient (Wildman–Crippen LogP) is 1.82. The first-order valence-electron chi connectivity index (χ1n) is 7.05. The Hall–Kier alpha value is -2.29. The number of hydrogen-bond acceptors (Lipinski definition) is 9. The van der Waals surface area contributed by atoms with Crippen LogP contribution in [0, 0.1) is 0 Å². The van der Waals surface area contributed by atoms with E-state index in [0.29, 0.717) is 0 Å². The van der Waals surface area contributed by atoms with Gasteiger partial charge in [-0.15, -0.1) is 10.3 Å². The molecule has 0 amide bonds. The molecular weight excluding hydrogens is 459 g/mol. The van der Waals surface area contributed by atoms with Crippen LogP contribution in [0.5, 0.6) is 5.75 Å². The number of hydrogen-bond donors (Lipinski definition) is 5. The van der Waals surface area contributed by atoms with Gasteiger partial charge in [-0.25, -0.2) is 0 Å². The van der Waals surface area contributed by atoms with Gasteiger partial charge in [0.1, 0.15) is 10.9 Å². The molecule has 11 nitrogen and oxygen atoms in total. The van der Waals surface area contributed by atoms with Crippen molar-refractivity contribution in [2.24, 2.45) is 5.10 Å². The summed E-state index contributed by atoms with van der Waals surface area (Å²) < 4.78 is 64.5. The van der Waals surface area contributed by atoms with Crippen LogP contribution in [0.2, 0.25) is 0 Å². The Balaban J connectivity index is 2.24. The van der Waals surface area contributed by atoms with Gasteiger partial charge in [-0.05, 0) is 23.6 Å². The second-order valence-corrected chi connectivity index (χ2v) is 9.05. The van der Waals surface area contributed by atoms with Gasteiger partial charge in [0.25, 0.3) is 20.2 Å². The number of halogens is 2. The molecule has 2 aromatic rings. The molecular formula is C13H10Cl2N4O7S2. The minimum Gasteiger partial charge on any atom is -0.507 e. The highest BCUT2D eigenvalue weighted by Gasteiger charge is 2.21. The molecule has 3 rings (SSSR count). The van der Waals surface area contributed by atoms with Gasteiger partial charge in [-0.2, -0.15) is 16.8 Å². The number of phenolic OH excluding ortho intramolecular Hbond substituents is 1. The summed E-state index contributed by atoms with van der Waals surface area (Å²) in [4.78, 5) is -1.30. The molecule has 0 spiro atoms. The topological polar surface area (TPSA) is 169 Å². The Morgan fingerprint density at radius 1 is 1.00 bits per heavy atom. The Bertz CT molecular complexity index is 1250. The van der Waals surface area contributed by atoms with E-state index < -0.39 is 35.8 Å². The SMILES string of the molecule is O=S(=O)(O)c1cc(O)c2c(NN3N=C(Cl)C=C(Cl)N3)cc(S(=O)(=O)O)cc2c1. The predicted molar refractivity (Wildman–Crippen MR) is 101 cm³/mol. The summed E-state index contributed by atoms with van der Waals surface area (Å²) in [7, 11) is -9.41. The normalized spacial score (nSPS) is 15.1. The van der Waals surface area contributed by atoms with Crippen molar-refractivity contribution in [2.75, 3.05) is 5.43 Å². The number of nitrogens with zero attached hydrogens (tertiary/aromatic N) is 2. The first-order chi connectivity index (χ1) is 12.8. The zero-order valence-electron chi connectivity index (χ0n) is 13.3. The fourth-order valence-electron chi connectivity index (χ4n) is 2.38. The molecule has 0 atom stereocenters. The monoisotopic (exact) mass is 468 g/mol. The summed E-state index contributed by atoms with van der Waals surface area (Å²) in [5.41, 5.74) is 4.98. The van der Waals surface area contributed by atoms with Crippen molar-refractivity contribution in [1.29, 1.82) is 0 Å². The van der Waals surface area contributed by atoms with Gasteiger partial charge in [0.15, 0.2) is 5.17 Å². The van der Waals surface area contributed by atoms with E-state index in [1.807, 2.05) is 0 Å². The first-order valence-corrected chi connectivity index (χ1v) is 10.7. The number of benzene rings is 2. The van der Waals surface area contributed by atoms with Crippen LogP contribution < -0.4 is 10.9 Å². The molecule has 0 fully saturated rings. The highest BCUT2D eigenvalue weighted by molar-refractivity contribution is 7.86. The van der Waals surface area contributed by atoms with Gasteiger partial charge in [0.05, 0.1) is 15.5 Å². The molecule has 0 aromatic heterocycles. The number of nitrogens with one attached hydrogen (secondary N) is 2. The van der Waals surface area contributed by atoms with E-state index in [1.165, 1.54) is 6.08 Å². The summed E-state index contributed by atoms with van der Waals surface area (Å²) in [5.74, 6) is -0.608. The summed E-state index contributed by atoms with van der Waals surface area (Å²) in [6, 6.07) is 3.55. The lowest BCUT2D eigenvalue weighted by Gasteiger charge is -2.25. The number of anilines is 1. The molecule has 0 bridgehead atoms. The third-order valence-electron chi connectivity index (χ3n) is 3.45. The van der Waals surface area contributed by atoms with E-state index in [4.69, 9.17) is 23.2 Å². The molecule has 1 heterocycles. The minimum atomic E-state index is -4.71. The van der Waals surface area contributed by atoms with Crippen molar-refractivity contribution in [2.45, 2.75) is 9.79 Å². The van der Waals surface area contributed by atoms with E-state index in [0.717, 1.165) is 29.5 Å². The van der Waals surface area contributed by atoms with Crippen molar-refractivity contribution in [1.82, 2.24) is 10.7 Å². The molecule has 0 radical (unpaired) electrons. The van der Waals surface area contributed by atoms with Crippen molar-refractivity contribution in [3.05, 3.63) is 35.5 Å². The van der Waals surface area contributed by atoms with Gasteiger partial charge in [-0.1, -0.05) is 23.2 Å². The second kappa shape index (κ2) is 6.95. The summed E-state index contributed by atoms with van der Waals surface area (Å²) in [5, 5.41) is 14.8. The van der Waals surface area contributed by atoms with Crippen LogP contribution in [-0.4, -0.2) is 41.4 Å². The van der Waals surface area contributed by atoms with Crippen LogP contribution in [0.1, 0.15) is 0 Å². The smallest absolute Gasteiger partial charge is 0.294 e. The van der Waals surface area contributed by atoms with Crippen molar-refractivity contribution in [3.8, 4) is 5.75 Å². The maximum atomic E-state index is 11.6. The molecule has 0 saturated heterocycles. The Labute approximate surface area is 168 Å². The zero-order chi connectivity index (χ0) is 20.9. The number of rotatable bonds is 4. The first kappa shape index (κ1) is 20.4. The molecule has 150 valence electrons. The van der Waals surface area contributed by atoms with Crippen LogP contribution >= 0.6 is 23.2 Å². The molecule has 15 heteroatoms. The molecule has 5 N–H and O–H groups in total. The number of allylic oxidation sites excluding steroid dienone is 1. The number of hydrazine groups is 2. The lowest BCUT2D eigenvalue weighted by molar-refractivity contribution is 0.280. The standard InChI is InChI=1S/C13H10Cl2N4O7S2/c14-11-5-12(15)18-19(17-11)16-9-3-7(27(21,22)23)1-6-2-8(28(24,25)26)4-10(20)13(6)9/h1-5,16-17,20H,(H,21,22,23)(H,24,25,26). The fraction of sp³-hybridized carbons (Fsp3) is 0. The van der Waals surface area contributed by atoms with E-state index in [1.54, 1.807) is 0 Å². The molecule has 2 aromatic carbocycles. The van der Waals surface area contributed by atoms with E-state index in [9.17, 15) is 31.0 Å². The maximum Gasteiger partial charge on any atom is 0.294 e. The van der Waals surface area contributed by atoms with Gasteiger partial charge in [0, 0.05) is 17.5 Å². The van der Waals surface area contributed by atoms with E-state index >= 15 is 0 Å². The second-order valence-electron chi connectivity index (χ2n) is 5.41. The molecule has 28 heavy (non-hydrogen) atoms. The van der Waals surface area contributed by atoms with Crippen LogP contribution in [0.25, 0.3) is 10.8 Å². The third kappa shape index (κ3) is 4.24. The summed E-state index contributed by atoms with van der Waals surface area (Å²) in [6.45, 7) is 0. The lowest BCUT2D eigenvalue weighted by atomic mass is 10.1. The average molecular weight is 469 g/mol. The highest BCUT2D eigenvalue weighted by Crippen LogP contribution is 2.37. The quantitative estimate of drug-likeness (QED) is 0.329. The van der Waals surface area contributed by atoms with Crippen LogP contribution in [0.15, 0.2) is 50.4 Å². The van der Waals surface area contributed by atoms with Gasteiger partial charge in [0.2, 0.25) is 0 Å². The van der Waals surface area contributed by atoms with Crippen molar-refractivity contribution in [3.63, 3.8) is 0 Å². The van der Waals surface area contributed by atoms with E-state index in [-0.39, 0.29) is 26.8 Å². The number of hydrazone groups is 1. The number of fused-ring (bicyclic) bond motifs is 1. The van der Waals surface area contributed by atoms with Crippen molar-refractivity contribution >= 4 is 65.1 Å². The Kier molecular flexibility index (Phi) is 5.07. The molecule has 0 unspecified atom stereocenters. The minimum absolute atomic E-state index is 0.0376. The van der Waals surface area contributed by atoms with Crippen LogP contribution in [0.4, 0.5) is 5.69 Å². The molecule has 1 aliphatic rings. The Morgan fingerprint density at radius 2 is 1.57 bits per heavy atom. The van der Waals surface area contributed by atoms with Crippen molar-refractivity contribution < 1.29 is 31.0 Å². The Morgan fingerprint density at radius 3 is 2.11 bits per heavy atom.